The van der Waals surface area contributed by atoms with Crippen molar-refractivity contribution in [3.05, 3.63) is 106 Å². The third-order valence-electron chi connectivity index (χ3n) is 19.8. The van der Waals surface area contributed by atoms with Gasteiger partial charge in [-0.2, -0.15) is 0 Å². The molecule has 13 rings (SSSR count). The predicted octanol–water partition coefficient (Wildman–Crippen LogP) is 7.14. The molecule has 562 valence electrons. The van der Waals surface area contributed by atoms with Crippen LogP contribution in [0.2, 0.25) is 0 Å². The summed E-state index contributed by atoms with van der Waals surface area (Å²) in [7, 11) is 5.67. The van der Waals surface area contributed by atoms with E-state index in [-0.39, 0.29) is 113 Å². The Morgan fingerprint density at radius 1 is 0.514 bits per heavy atom. The maximum Gasteiger partial charge on any atom is 0.310 e. The molecule has 0 saturated carbocycles. The highest BCUT2D eigenvalue weighted by Crippen LogP contribution is 2.59. The summed E-state index contributed by atoms with van der Waals surface area (Å²) < 4.78 is 111. The van der Waals surface area contributed by atoms with Crippen molar-refractivity contribution < 1.29 is 124 Å². The fraction of sp³-hybridized carbons (Fsp3) is 0.534. The number of hydrogen-bond donors (Lipinski definition) is 2. The standard InChI is InChI=1S/C73H84N6O26/c1-9-13-56(80)94-33-55-68(103-57(81)14-10-2)69(104-58(82)15-11-3)70(105-59(83)16-12-4)73(102-55)101-40(29-92-27-38-25-78(76-74-38)64-43-23-49-47(97-34-99-49)21-41(43)60(62-45(64)31-95-71(62)86)36-17-51(88-5)66(84)52(18-36)89-6)30-93-28-39-26-79(77-75-39)65-44-24-50-48(98-35-100-50)22-42(44)61(63-46(65)32-96-72(63)87)37-19-53(90-7)67(85)54(20-37)91-8/h17-26,40,45-46,55,60-65,68-70,73,84-85H,9-16,27-35H2,1-8H3/t45-,46-,55+,60+,61+,62-,63-,64-,65-,68+,69-,70+,73+/m0/s1. The minimum atomic E-state index is -1.65. The van der Waals surface area contributed by atoms with Crippen LogP contribution in [0.1, 0.15) is 148 Å². The molecule has 4 aromatic carbocycles. The number of phenols is 2. The Bertz CT molecular complexity index is 3940. The summed E-state index contributed by atoms with van der Waals surface area (Å²) in [5, 5.41) is 40.3. The Morgan fingerprint density at radius 2 is 0.905 bits per heavy atom. The molecule has 32 nitrogen and oxygen atoms in total. The van der Waals surface area contributed by atoms with Crippen LogP contribution in [0.25, 0.3) is 0 Å². The van der Waals surface area contributed by atoms with E-state index in [0.29, 0.717) is 82.3 Å². The van der Waals surface area contributed by atoms with Gasteiger partial charge in [-0.1, -0.05) is 38.1 Å². The van der Waals surface area contributed by atoms with Crippen LogP contribution in [-0.4, -0.2) is 188 Å². The molecular weight excluding hydrogens is 1380 g/mol. The molecule has 3 saturated heterocycles. The van der Waals surface area contributed by atoms with Crippen molar-refractivity contribution in [3.63, 3.8) is 0 Å². The zero-order valence-corrected chi connectivity index (χ0v) is 59.3. The van der Waals surface area contributed by atoms with E-state index >= 15 is 0 Å². The van der Waals surface area contributed by atoms with E-state index in [1.54, 1.807) is 73.7 Å². The van der Waals surface area contributed by atoms with Crippen molar-refractivity contribution in [1.29, 1.82) is 0 Å². The lowest BCUT2D eigenvalue weighted by atomic mass is 9.65. The van der Waals surface area contributed by atoms with Crippen molar-refractivity contribution >= 4 is 35.8 Å². The van der Waals surface area contributed by atoms with Crippen molar-refractivity contribution in [2.75, 3.05) is 75.1 Å². The lowest BCUT2D eigenvalue weighted by Gasteiger charge is -2.45. The number of methoxy groups -OCH3 is 4. The number of hydrogen-bond acceptors (Lipinski definition) is 30. The number of rotatable bonds is 31. The smallest absolute Gasteiger partial charge is 0.310 e. The van der Waals surface area contributed by atoms with Gasteiger partial charge in [0.15, 0.2) is 70.6 Å². The Morgan fingerprint density at radius 3 is 1.31 bits per heavy atom. The number of carbonyl (C=O) groups excluding carboxylic acids is 6. The molecule has 3 fully saturated rings. The van der Waals surface area contributed by atoms with Gasteiger partial charge in [-0.3, -0.25) is 28.8 Å². The van der Waals surface area contributed by atoms with Crippen LogP contribution in [0.3, 0.4) is 0 Å². The topological polar surface area (TPSA) is 370 Å². The van der Waals surface area contributed by atoms with Crippen LogP contribution >= 0.6 is 0 Å². The first kappa shape index (κ1) is 73.1. The number of nitrogens with zero attached hydrogens (tertiary/aromatic N) is 6. The average Bonchev–Trinajstić information content (AvgIpc) is 1.71. The van der Waals surface area contributed by atoms with Gasteiger partial charge in [0.05, 0.1) is 104 Å². The molecule has 0 amide bonds. The molecule has 5 aliphatic heterocycles. The van der Waals surface area contributed by atoms with Gasteiger partial charge < -0.3 is 95.5 Å². The van der Waals surface area contributed by atoms with Crippen LogP contribution in [0.4, 0.5) is 0 Å². The number of ether oxygens (including phenoxy) is 18. The second kappa shape index (κ2) is 32.0. The number of phenolic OH excluding ortho intramolecular Hbond substituents is 2. The zero-order chi connectivity index (χ0) is 73.7. The average molecular weight is 1460 g/mol. The Kier molecular flexibility index (Phi) is 22.3. The minimum absolute atomic E-state index is 0.0139. The molecular formula is C73H84N6O26. The lowest BCUT2D eigenvalue weighted by molar-refractivity contribution is -0.322. The van der Waals surface area contributed by atoms with Gasteiger partial charge in [0, 0.05) is 49.4 Å². The molecule has 13 atom stereocenters. The zero-order valence-electron chi connectivity index (χ0n) is 59.3. The van der Waals surface area contributed by atoms with E-state index in [2.05, 4.69) is 20.6 Å². The first-order chi connectivity index (χ1) is 51.0. The Labute approximate surface area is 602 Å². The van der Waals surface area contributed by atoms with Gasteiger partial charge in [0.1, 0.15) is 30.2 Å². The molecule has 32 heteroatoms. The predicted molar refractivity (Wildman–Crippen MR) is 357 cm³/mol. The minimum Gasteiger partial charge on any atom is -0.502 e. The third kappa shape index (κ3) is 14.8. The Hall–Kier alpha value is -10.2. The van der Waals surface area contributed by atoms with E-state index in [9.17, 15) is 39.0 Å². The summed E-state index contributed by atoms with van der Waals surface area (Å²) in [6.45, 7) is 5.54. The molecule has 105 heavy (non-hydrogen) atoms. The number of fused-ring (bicyclic) bond motifs is 6. The monoisotopic (exact) mass is 1460 g/mol. The van der Waals surface area contributed by atoms with Crippen LogP contribution in [-0.2, 0) is 89.3 Å². The van der Waals surface area contributed by atoms with Gasteiger partial charge in [-0.15, -0.1) is 10.2 Å². The van der Waals surface area contributed by atoms with Crippen LogP contribution in [0.5, 0.6) is 57.5 Å². The van der Waals surface area contributed by atoms with E-state index in [1.807, 2.05) is 24.3 Å². The molecule has 0 radical (unpaired) electrons. The van der Waals surface area contributed by atoms with Crippen LogP contribution < -0.4 is 37.9 Å². The first-order valence-electron chi connectivity index (χ1n) is 35.1. The molecule has 7 heterocycles. The summed E-state index contributed by atoms with van der Waals surface area (Å²) >= 11 is 0. The second-order valence-corrected chi connectivity index (χ2v) is 26.5. The highest BCUT2D eigenvalue weighted by Gasteiger charge is 2.57. The van der Waals surface area contributed by atoms with Crippen molar-refractivity contribution in [3.8, 4) is 57.5 Å². The number of carbonyl (C=O) groups is 6. The van der Waals surface area contributed by atoms with Gasteiger partial charge >= 0.3 is 35.8 Å². The lowest BCUT2D eigenvalue weighted by Crippen LogP contribution is -2.63. The van der Waals surface area contributed by atoms with E-state index in [1.165, 1.54) is 28.4 Å². The van der Waals surface area contributed by atoms with Gasteiger partial charge in [-0.25, -0.2) is 9.36 Å². The van der Waals surface area contributed by atoms with Gasteiger partial charge in [0.2, 0.25) is 25.1 Å². The summed E-state index contributed by atoms with van der Waals surface area (Å²) in [4.78, 5) is 82.5. The van der Waals surface area contributed by atoms with E-state index in [0.717, 1.165) is 11.1 Å². The highest BCUT2D eigenvalue weighted by atomic mass is 16.7. The summed E-state index contributed by atoms with van der Waals surface area (Å²) in [5.41, 5.74) is 4.71. The summed E-state index contributed by atoms with van der Waals surface area (Å²) in [6.07, 6.45) is -4.06. The first-order valence-corrected chi connectivity index (χ1v) is 35.1. The maximum absolute atomic E-state index is 14.1. The van der Waals surface area contributed by atoms with Crippen LogP contribution in [0.15, 0.2) is 60.9 Å². The third-order valence-corrected chi connectivity index (χ3v) is 19.8. The quantitative estimate of drug-likeness (QED) is 0.0322. The molecule has 2 aliphatic carbocycles. The van der Waals surface area contributed by atoms with Crippen LogP contribution in [0, 0.1) is 23.7 Å². The molecule has 6 aromatic rings. The molecule has 0 spiro atoms. The number of aromatic hydroxyl groups is 2. The normalized spacial score (nSPS) is 24.4. The molecule has 0 unspecified atom stereocenters. The second-order valence-electron chi connectivity index (χ2n) is 26.5. The summed E-state index contributed by atoms with van der Waals surface area (Å²) in [5.74, 6) is -5.55. The van der Waals surface area contributed by atoms with E-state index < -0.39 is 127 Å². The Balaban J connectivity index is 0.817. The molecule has 0 bridgehead atoms. The number of cyclic esters (lactones) is 2. The van der Waals surface area contributed by atoms with Crippen molar-refractivity contribution in [1.82, 2.24) is 30.0 Å². The molecule has 2 N–H and O–H groups in total. The van der Waals surface area contributed by atoms with Gasteiger partial charge in [0.25, 0.3) is 0 Å². The number of benzene rings is 4. The van der Waals surface area contributed by atoms with Crippen molar-refractivity contribution in [2.24, 2.45) is 23.7 Å². The number of aromatic nitrogens is 6. The number of esters is 6. The molecule has 7 aliphatic rings. The van der Waals surface area contributed by atoms with E-state index in [4.69, 9.17) is 85.3 Å². The maximum atomic E-state index is 14.1. The van der Waals surface area contributed by atoms with Gasteiger partial charge in [-0.05, 0) is 108 Å². The SMILES string of the molecule is CCCC(=O)OC[C@H]1O[C@@H](OC(COCc2cn([C@H]3c4cc5c(cc4[C@@H](c4cc(OC)c(O)c(OC)c4)[C@H]4C(=O)OC[C@@H]43)OCO5)nn2)COCc2cn([C@H]3c4cc5c(cc4[C@@H](c4cc(OC)c(O)c(OC)c4)[C@H]4C(=O)OC[C@@H]43)OCO5)nn2)[C@H](OC(=O)CCC)[C@@H](OC(=O)CCC)[C@@H]1OC(=O)CCC. The largest absolute Gasteiger partial charge is 0.502 e. The van der Waals surface area contributed by atoms with Crippen molar-refractivity contribution in [2.45, 2.75) is 153 Å². The summed E-state index contributed by atoms with van der Waals surface area (Å²) in [6, 6.07) is 12.7. The highest BCUT2D eigenvalue weighted by molar-refractivity contribution is 5.80. The fourth-order valence-electron chi connectivity index (χ4n) is 15.1. The molecule has 2 aromatic heterocycles. The fourth-order valence-corrected chi connectivity index (χ4v) is 15.1.